The molecule has 2 heterocycles. The second-order valence-electron chi connectivity index (χ2n) is 3.40. The molecular formula is C10H6ClF3N2O2. The fourth-order valence-electron chi connectivity index (χ4n) is 1.41. The molecule has 0 saturated carbocycles. The van der Waals surface area contributed by atoms with Crippen molar-refractivity contribution < 1.29 is 17.9 Å². The van der Waals surface area contributed by atoms with Crippen LogP contribution >= 0.6 is 11.6 Å². The van der Waals surface area contributed by atoms with Gasteiger partial charge < -0.3 is 4.74 Å². The number of aromatic nitrogens is 2. The van der Waals surface area contributed by atoms with Gasteiger partial charge in [0.05, 0.1) is 12.1 Å². The fourth-order valence-corrected chi connectivity index (χ4v) is 1.63. The van der Waals surface area contributed by atoms with E-state index in [1.165, 1.54) is 13.2 Å². The molecule has 0 aliphatic carbocycles. The Bertz CT molecular complexity index is 666. The van der Waals surface area contributed by atoms with Crippen LogP contribution in [0.25, 0.3) is 5.65 Å². The normalized spacial score (nSPS) is 11.8. The molecule has 0 unspecified atom stereocenters. The summed E-state index contributed by atoms with van der Waals surface area (Å²) in [5, 5.41) is 0.105. The SMILES string of the molecule is COc1cc2nc(C(F)(F)F)cc(=O)n2cc1Cl. The second-order valence-corrected chi connectivity index (χ2v) is 3.80. The standard InChI is InChI=1S/C10H6ClF3N2O2/c1-18-6-2-8-15-7(10(12,13)14)3-9(17)16(8)4-5(6)11/h2-4H,1H3. The molecule has 0 atom stereocenters. The Morgan fingerprint density at radius 2 is 2.06 bits per heavy atom. The average molecular weight is 279 g/mol. The number of ether oxygens (including phenoxy) is 1. The van der Waals surface area contributed by atoms with Crippen LogP contribution in [-0.4, -0.2) is 16.5 Å². The Balaban J connectivity index is 2.80. The molecule has 0 aromatic carbocycles. The maximum atomic E-state index is 12.5. The summed E-state index contributed by atoms with van der Waals surface area (Å²) in [5.74, 6) is 0.142. The molecule has 0 fully saturated rings. The second kappa shape index (κ2) is 4.16. The van der Waals surface area contributed by atoms with Crippen molar-refractivity contribution in [2.24, 2.45) is 0 Å². The molecule has 2 aromatic heterocycles. The van der Waals surface area contributed by atoms with Gasteiger partial charge in [0.2, 0.25) is 0 Å². The predicted molar refractivity (Wildman–Crippen MR) is 58.0 cm³/mol. The lowest BCUT2D eigenvalue weighted by molar-refractivity contribution is -0.141. The molecule has 0 bridgehead atoms. The van der Waals surface area contributed by atoms with E-state index >= 15 is 0 Å². The van der Waals surface area contributed by atoms with Crippen molar-refractivity contribution in [2.45, 2.75) is 6.18 Å². The summed E-state index contributed by atoms with van der Waals surface area (Å²) in [6.07, 6.45) is -3.52. The maximum absolute atomic E-state index is 12.5. The van der Waals surface area contributed by atoms with Crippen molar-refractivity contribution in [3.8, 4) is 5.75 Å². The van der Waals surface area contributed by atoms with Crippen LogP contribution in [0, 0.1) is 0 Å². The van der Waals surface area contributed by atoms with Crippen LogP contribution in [-0.2, 0) is 6.18 Å². The predicted octanol–water partition coefficient (Wildman–Crippen LogP) is 2.38. The third-order valence-corrected chi connectivity index (χ3v) is 2.51. The highest BCUT2D eigenvalue weighted by atomic mass is 35.5. The zero-order chi connectivity index (χ0) is 13.5. The molecule has 0 amide bonds. The molecular weight excluding hydrogens is 273 g/mol. The van der Waals surface area contributed by atoms with Crippen LogP contribution in [0.1, 0.15) is 5.69 Å². The molecule has 2 aromatic rings. The minimum absolute atomic E-state index is 0.105. The van der Waals surface area contributed by atoms with Crippen LogP contribution in [0.2, 0.25) is 5.02 Å². The Kier molecular flexibility index (Phi) is 2.94. The summed E-state index contributed by atoms with van der Waals surface area (Å²) in [7, 11) is 1.31. The lowest BCUT2D eigenvalue weighted by atomic mass is 10.3. The number of methoxy groups -OCH3 is 1. The maximum Gasteiger partial charge on any atom is 0.433 e. The van der Waals surface area contributed by atoms with Gasteiger partial charge in [0.25, 0.3) is 5.56 Å². The van der Waals surface area contributed by atoms with Crippen molar-refractivity contribution in [1.82, 2.24) is 9.38 Å². The molecule has 0 N–H and O–H groups in total. The average Bonchev–Trinajstić information content (AvgIpc) is 2.28. The number of fused-ring (bicyclic) bond motifs is 1. The first-order chi connectivity index (χ1) is 8.32. The van der Waals surface area contributed by atoms with Gasteiger partial charge in [0.15, 0.2) is 5.69 Å². The van der Waals surface area contributed by atoms with E-state index < -0.39 is 17.4 Å². The van der Waals surface area contributed by atoms with E-state index in [1.807, 2.05) is 0 Å². The lowest BCUT2D eigenvalue weighted by Crippen LogP contribution is -2.20. The molecule has 18 heavy (non-hydrogen) atoms. The van der Waals surface area contributed by atoms with Gasteiger partial charge in [0, 0.05) is 18.3 Å². The molecule has 96 valence electrons. The largest absolute Gasteiger partial charge is 0.495 e. The van der Waals surface area contributed by atoms with Gasteiger partial charge in [0.1, 0.15) is 11.4 Å². The van der Waals surface area contributed by atoms with Crippen LogP contribution in [0.5, 0.6) is 5.75 Å². The van der Waals surface area contributed by atoms with Gasteiger partial charge in [-0.2, -0.15) is 13.2 Å². The van der Waals surface area contributed by atoms with E-state index in [1.54, 1.807) is 0 Å². The monoisotopic (exact) mass is 278 g/mol. The topological polar surface area (TPSA) is 43.6 Å². The number of rotatable bonds is 1. The summed E-state index contributed by atoms with van der Waals surface area (Å²) in [6, 6.07) is 1.58. The Morgan fingerprint density at radius 1 is 1.39 bits per heavy atom. The molecule has 0 aliphatic rings. The molecule has 0 spiro atoms. The number of nitrogens with zero attached hydrogens (tertiary/aromatic N) is 2. The minimum Gasteiger partial charge on any atom is -0.495 e. The third-order valence-electron chi connectivity index (χ3n) is 2.23. The van der Waals surface area contributed by atoms with Gasteiger partial charge in [-0.05, 0) is 0 Å². The van der Waals surface area contributed by atoms with E-state index in [9.17, 15) is 18.0 Å². The van der Waals surface area contributed by atoms with E-state index in [-0.39, 0.29) is 16.4 Å². The van der Waals surface area contributed by atoms with Crippen molar-refractivity contribution >= 4 is 17.2 Å². The highest BCUT2D eigenvalue weighted by molar-refractivity contribution is 6.32. The summed E-state index contributed by atoms with van der Waals surface area (Å²) in [5.41, 5.74) is -2.30. The van der Waals surface area contributed by atoms with Gasteiger partial charge in [-0.25, -0.2) is 4.98 Å². The van der Waals surface area contributed by atoms with E-state index in [4.69, 9.17) is 16.3 Å². The van der Waals surface area contributed by atoms with Gasteiger partial charge in [-0.1, -0.05) is 11.6 Å². The van der Waals surface area contributed by atoms with Crippen molar-refractivity contribution in [1.29, 1.82) is 0 Å². The summed E-state index contributed by atoms with van der Waals surface area (Å²) in [6.45, 7) is 0. The molecule has 2 rings (SSSR count). The minimum atomic E-state index is -4.68. The fraction of sp³-hybridized carbons (Fsp3) is 0.200. The van der Waals surface area contributed by atoms with Crippen molar-refractivity contribution in [3.63, 3.8) is 0 Å². The van der Waals surface area contributed by atoms with E-state index in [0.29, 0.717) is 6.07 Å². The number of hydrogen-bond donors (Lipinski definition) is 0. The van der Waals surface area contributed by atoms with E-state index in [2.05, 4.69) is 4.98 Å². The summed E-state index contributed by atoms with van der Waals surface area (Å²) < 4.78 is 43.2. The van der Waals surface area contributed by atoms with Crippen molar-refractivity contribution in [3.05, 3.63) is 39.4 Å². The third kappa shape index (κ3) is 2.13. The first-order valence-electron chi connectivity index (χ1n) is 4.67. The smallest absolute Gasteiger partial charge is 0.433 e. The Hall–Kier alpha value is -1.76. The molecule has 4 nitrogen and oxygen atoms in total. The molecule has 0 aliphatic heterocycles. The lowest BCUT2D eigenvalue weighted by Gasteiger charge is -2.09. The van der Waals surface area contributed by atoms with Gasteiger partial charge in [-0.3, -0.25) is 9.20 Å². The first kappa shape index (κ1) is 12.7. The van der Waals surface area contributed by atoms with Crippen molar-refractivity contribution in [2.75, 3.05) is 7.11 Å². The zero-order valence-electron chi connectivity index (χ0n) is 8.95. The Labute approximate surface area is 104 Å². The number of pyridine rings is 1. The highest BCUT2D eigenvalue weighted by Gasteiger charge is 2.33. The number of halogens is 4. The van der Waals surface area contributed by atoms with Crippen LogP contribution in [0.3, 0.4) is 0 Å². The van der Waals surface area contributed by atoms with Crippen LogP contribution < -0.4 is 10.3 Å². The Morgan fingerprint density at radius 3 is 2.61 bits per heavy atom. The quantitative estimate of drug-likeness (QED) is 0.804. The number of hydrogen-bond acceptors (Lipinski definition) is 3. The number of alkyl halides is 3. The molecule has 8 heteroatoms. The highest BCUT2D eigenvalue weighted by Crippen LogP contribution is 2.28. The summed E-state index contributed by atoms with van der Waals surface area (Å²) >= 11 is 5.77. The van der Waals surface area contributed by atoms with E-state index in [0.717, 1.165) is 10.6 Å². The molecule has 0 radical (unpaired) electrons. The van der Waals surface area contributed by atoms with Gasteiger partial charge in [-0.15, -0.1) is 0 Å². The first-order valence-corrected chi connectivity index (χ1v) is 5.05. The molecule has 0 saturated heterocycles. The summed E-state index contributed by atoms with van der Waals surface area (Å²) in [4.78, 5) is 14.9. The van der Waals surface area contributed by atoms with Gasteiger partial charge >= 0.3 is 6.18 Å². The van der Waals surface area contributed by atoms with Crippen LogP contribution in [0.15, 0.2) is 23.1 Å². The zero-order valence-corrected chi connectivity index (χ0v) is 9.71. The van der Waals surface area contributed by atoms with Crippen LogP contribution in [0.4, 0.5) is 13.2 Å².